The summed E-state index contributed by atoms with van der Waals surface area (Å²) in [7, 11) is 0. The summed E-state index contributed by atoms with van der Waals surface area (Å²) in [5.41, 5.74) is 1.39. The zero-order valence-electron chi connectivity index (χ0n) is 19.7. The summed E-state index contributed by atoms with van der Waals surface area (Å²) in [4.78, 5) is 34.8. The van der Waals surface area contributed by atoms with Crippen molar-refractivity contribution in [2.24, 2.45) is 0 Å². The molecule has 5 rings (SSSR count). The van der Waals surface area contributed by atoms with E-state index < -0.39 is 23.7 Å². The Morgan fingerprint density at radius 1 is 0.868 bits per heavy atom. The van der Waals surface area contributed by atoms with E-state index in [0.717, 1.165) is 17.7 Å². The fourth-order valence-corrected chi connectivity index (χ4v) is 3.97. The van der Waals surface area contributed by atoms with Crippen molar-refractivity contribution in [3.05, 3.63) is 102 Å². The number of para-hydroxylation sites is 1. The van der Waals surface area contributed by atoms with E-state index in [2.05, 4.69) is 20.6 Å². The highest BCUT2D eigenvalue weighted by atomic mass is 19.4. The molecule has 4 aromatic rings. The lowest BCUT2D eigenvalue weighted by Gasteiger charge is -2.19. The van der Waals surface area contributed by atoms with Crippen LogP contribution in [-0.2, 0) is 12.6 Å². The van der Waals surface area contributed by atoms with Crippen LogP contribution >= 0.6 is 0 Å². The molecular formula is C27H20F3N5O3. The van der Waals surface area contributed by atoms with Gasteiger partial charge in [-0.3, -0.25) is 9.69 Å². The normalized spacial score (nSPS) is 12.6. The molecule has 0 bridgehead atoms. The largest absolute Gasteiger partial charge is 0.439 e. The molecule has 1 aliphatic heterocycles. The minimum atomic E-state index is -4.51. The van der Waals surface area contributed by atoms with Gasteiger partial charge in [0.15, 0.2) is 0 Å². The summed E-state index contributed by atoms with van der Waals surface area (Å²) < 4.78 is 44.8. The second-order valence-corrected chi connectivity index (χ2v) is 8.36. The van der Waals surface area contributed by atoms with Crippen molar-refractivity contribution in [2.75, 3.05) is 22.1 Å². The molecule has 0 spiro atoms. The molecule has 8 nitrogen and oxygen atoms in total. The molecule has 2 heterocycles. The summed E-state index contributed by atoms with van der Waals surface area (Å²) in [5, 5.41) is 5.27. The highest BCUT2D eigenvalue weighted by Gasteiger charge is 2.31. The van der Waals surface area contributed by atoms with Crippen molar-refractivity contribution in [1.29, 1.82) is 0 Å². The number of halogens is 3. The van der Waals surface area contributed by atoms with Gasteiger partial charge in [0.05, 0.1) is 5.56 Å². The third kappa shape index (κ3) is 5.56. The second kappa shape index (κ2) is 10.2. The van der Waals surface area contributed by atoms with Crippen LogP contribution in [0.5, 0.6) is 11.6 Å². The number of carbonyl (C=O) groups excluding carboxylic acids is 2. The van der Waals surface area contributed by atoms with Crippen LogP contribution in [-0.4, -0.2) is 28.5 Å². The predicted octanol–water partition coefficient (Wildman–Crippen LogP) is 6.13. The monoisotopic (exact) mass is 519 g/mol. The number of fused-ring (bicyclic) bond motifs is 1. The van der Waals surface area contributed by atoms with Crippen LogP contribution < -0.4 is 20.3 Å². The van der Waals surface area contributed by atoms with Gasteiger partial charge in [0.2, 0.25) is 5.88 Å². The van der Waals surface area contributed by atoms with Crippen LogP contribution in [0.15, 0.2) is 85.2 Å². The number of aromatic nitrogens is 2. The molecule has 11 heteroatoms. The Hall–Kier alpha value is -4.93. The van der Waals surface area contributed by atoms with Gasteiger partial charge in [-0.2, -0.15) is 13.2 Å². The highest BCUT2D eigenvalue weighted by Crippen LogP contribution is 2.34. The number of benzene rings is 3. The molecule has 1 aliphatic rings. The van der Waals surface area contributed by atoms with E-state index in [-0.39, 0.29) is 17.3 Å². The number of anilines is 3. The number of amides is 3. The minimum Gasteiger partial charge on any atom is -0.439 e. The number of nitrogens with one attached hydrogen (secondary N) is 2. The van der Waals surface area contributed by atoms with E-state index in [1.165, 1.54) is 29.4 Å². The number of ether oxygens (including phenoxy) is 1. The van der Waals surface area contributed by atoms with Gasteiger partial charge >= 0.3 is 12.2 Å². The van der Waals surface area contributed by atoms with Gasteiger partial charge in [-0.25, -0.2) is 14.8 Å². The third-order valence-corrected chi connectivity index (χ3v) is 5.76. The van der Waals surface area contributed by atoms with Gasteiger partial charge < -0.3 is 15.4 Å². The lowest BCUT2D eigenvalue weighted by molar-refractivity contribution is -0.137. The smallest absolute Gasteiger partial charge is 0.416 e. The first-order valence-corrected chi connectivity index (χ1v) is 11.5. The van der Waals surface area contributed by atoms with E-state index >= 15 is 0 Å². The van der Waals surface area contributed by atoms with Crippen LogP contribution in [0.25, 0.3) is 0 Å². The van der Waals surface area contributed by atoms with Crippen molar-refractivity contribution in [3.8, 4) is 11.6 Å². The Labute approximate surface area is 215 Å². The SMILES string of the molecule is O=C(Nc1ccccc1)c1cc(Oc2ccc3c(c2)CCN3C(=O)Nc2cccc(C(F)(F)F)c2)ncn1. The molecule has 38 heavy (non-hydrogen) atoms. The van der Waals surface area contributed by atoms with Crippen LogP contribution in [0.4, 0.5) is 35.0 Å². The van der Waals surface area contributed by atoms with Gasteiger partial charge in [-0.1, -0.05) is 24.3 Å². The quantitative estimate of drug-likeness (QED) is 0.331. The first kappa shape index (κ1) is 24.8. The zero-order chi connectivity index (χ0) is 26.7. The highest BCUT2D eigenvalue weighted by molar-refractivity contribution is 6.03. The molecule has 0 fully saturated rings. The molecule has 0 radical (unpaired) electrons. The summed E-state index contributed by atoms with van der Waals surface area (Å²) >= 11 is 0. The van der Waals surface area contributed by atoms with Crippen molar-refractivity contribution < 1.29 is 27.5 Å². The maximum Gasteiger partial charge on any atom is 0.416 e. The number of nitrogens with zero attached hydrogens (tertiary/aromatic N) is 3. The predicted molar refractivity (Wildman–Crippen MR) is 134 cm³/mol. The number of urea groups is 1. The maximum atomic E-state index is 13.0. The summed E-state index contributed by atoms with van der Waals surface area (Å²) in [6, 6.07) is 19.4. The van der Waals surface area contributed by atoms with E-state index in [1.807, 2.05) is 6.07 Å². The van der Waals surface area contributed by atoms with E-state index in [0.29, 0.717) is 30.1 Å². The summed E-state index contributed by atoms with van der Waals surface area (Å²) in [6.45, 7) is 0.348. The van der Waals surface area contributed by atoms with Crippen LogP contribution in [0.3, 0.4) is 0 Å². The molecule has 2 N–H and O–H groups in total. The van der Waals surface area contributed by atoms with Gasteiger partial charge in [0.25, 0.3) is 5.91 Å². The van der Waals surface area contributed by atoms with E-state index in [1.54, 1.807) is 42.5 Å². The number of hydrogen-bond donors (Lipinski definition) is 2. The minimum absolute atomic E-state index is 0.0501. The van der Waals surface area contributed by atoms with Gasteiger partial charge in [-0.15, -0.1) is 0 Å². The molecule has 1 aromatic heterocycles. The molecule has 0 saturated heterocycles. The molecular weight excluding hydrogens is 499 g/mol. The van der Waals surface area contributed by atoms with Crippen molar-refractivity contribution >= 4 is 29.0 Å². The molecule has 0 atom stereocenters. The average molecular weight is 519 g/mol. The molecule has 0 saturated carbocycles. The molecule has 0 aliphatic carbocycles. The second-order valence-electron chi connectivity index (χ2n) is 8.36. The topological polar surface area (TPSA) is 96.5 Å². The number of hydrogen-bond acceptors (Lipinski definition) is 5. The molecule has 3 amide bonds. The fourth-order valence-electron chi connectivity index (χ4n) is 3.97. The van der Waals surface area contributed by atoms with Crippen LogP contribution in [0, 0.1) is 0 Å². The Morgan fingerprint density at radius 3 is 2.45 bits per heavy atom. The Bertz CT molecular complexity index is 1500. The van der Waals surface area contributed by atoms with Crippen LogP contribution in [0.2, 0.25) is 0 Å². The zero-order valence-corrected chi connectivity index (χ0v) is 19.7. The number of rotatable bonds is 5. The van der Waals surface area contributed by atoms with Gasteiger partial charge in [-0.05, 0) is 60.5 Å². The molecule has 3 aromatic carbocycles. The lowest BCUT2D eigenvalue weighted by Crippen LogP contribution is -2.33. The van der Waals surface area contributed by atoms with E-state index in [9.17, 15) is 22.8 Å². The first-order valence-electron chi connectivity index (χ1n) is 11.5. The average Bonchev–Trinajstić information content (AvgIpc) is 3.33. The van der Waals surface area contributed by atoms with Crippen molar-refractivity contribution in [2.45, 2.75) is 12.6 Å². The summed E-state index contributed by atoms with van der Waals surface area (Å²) in [5.74, 6) is 0.187. The van der Waals surface area contributed by atoms with Crippen LogP contribution in [0.1, 0.15) is 21.6 Å². The molecule has 192 valence electrons. The third-order valence-electron chi connectivity index (χ3n) is 5.76. The summed E-state index contributed by atoms with van der Waals surface area (Å²) in [6.07, 6.45) is -2.76. The van der Waals surface area contributed by atoms with Crippen molar-refractivity contribution in [1.82, 2.24) is 9.97 Å². The van der Waals surface area contributed by atoms with Gasteiger partial charge in [0, 0.05) is 29.7 Å². The number of carbonyl (C=O) groups is 2. The maximum absolute atomic E-state index is 13.0. The van der Waals surface area contributed by atoms with Gasteiger partial charge in [0.1, 0.15) is 17.8 Å². The Kier molecular flexibility index (Phi) is 6.65. The lowest BCUT2D eigenvalue weighted by atomic mass is 10.1. The first-order chi connectivity index (χ1) is 18.3. The standard InChI is InChI=1S/C27H20F3N5O3/c28-27(29,30)18-5-4-8-20(14-18)34-26(37)35-12-11-17-13-21(9-10-23(17)35)38-24-15-22(31-16-32-24)25(36)33-19-6-2-1-3-7-19/h1-10,13-16H,11-12H2,(H,33,36)(H,34,37). The Balaban J connectivity index is 1.26. The number of alkyl halides is 3. The fraction of sp³-hybridized carbons (Fsp3) is 0.111. The van der Waals surface area contributed by atoms with Crippen molar-refractivity contribution in [3.63, 3.8) is 0 Å². The molecule has 0 unspecified atom stereocenters. The van der Waals surface area contributed by atoms with E-state index in [4.69, 9.17) is 4.74 Å². The Morgan fingerprint density at radius 2 is 1.66 bits per heavy atom.